The van der Waals surface area contributed by atoms with Crippen molar-refractivity contribution in [3.05, 3.63) is 0 Å². The Kier molecular flexibility index (Phi) is 3.96. The molecule has 1 N–H and O–H groups in total. The van der Waals surface area contributed by atoms with Gasteiger partial charge < -0.3 is 10.2 Å². The van der Waals surface area contributed by atoms with E-state index in [1.807, 2.05) is 0 Å². The number of hydrogen-bond donors (Lipinski definition) is 1. The second-order valence-electron chi connectivity index (χ2n) is 5.55. The van der Waals surface area contributed by atoms with Crippen LogP contribution in [0.2, 0.25) is 0 Å². The molecule has 0 saturated heterocycles. The van der Waals surface area contributed by atoms with Crippen LogP contribution in [0.25, 0.3) is 0 Å². The van der Waals surface area contributed by atoms with Crippen LogP contribution in [0, 0.1) is 11.3 Å². The van der Waals surface area contributed by atoms with Gasteiger partial charge in [0.15, 0.2) is 0 Å². The van der Waals surface area contributed by atoms with Gasteiger partial charge in [-0.2, -0.15) is 0 Å². The Labute approximate surface area is 89.1 Å². The van der Waals surface area contributed by atoms with Crippen LogP contribution >= 0.6 is 0 Å². The number of nitrogens with zero attached hydrogens (tertiary/aromatic N) is 1. The molecule has 1 saturated carbocycles. The molecule has 0 heterocycles. The third kappa shape index (κ3) is 3.58. The smallest absolute Gasteiger partial charge is 0.0166 e. The molecule has 0 bridgehead atoms. The molecule has 0 amide bonds. The number of rotatable bonds is 6. The Bertz CT molecular complexity index is 177. The molecule has 2 atom stereocenters. The predicted molar refractivity (Wildman–Crippen MR) is 62.5 cm³/mol. The molecule has 1 rings (SSSR count). The normalized spacial score (nSPS) is 26.6. The average Bonchev–Trinajstić information content (AvgIpc) is 2.70. The lowest BCUT2D eigenvalue weighted by atomic mass is 10.1. The number of hydrogen-bond acceptors (Lipinski definition) is 2. The molecule has 0 aromatic carbocycles. The fraction of sp³-hybridized carbons (Fsp3) is 1.00. The first kappa shape index (κ1) is 12.0. The summed E-state index contributed by atoms with van der Waals surface area (Å²) in [5.41, 5.74) is 0.614. The highest BCUT2D eigenvalue weighted by Crippen LogP contribution is 2.50. The van der Waals surface area contributed by atoms with Gasteiger partial charge in [-0.1, -0.05) is 20.8 Å². The molecule has 0 radical (unpaired) electrons. The van der Waals surface area contributed by atoms with Crippen molar-refractivity contribution in [2.24, 2.45) is 11.3 Å². The Hall–Kier alpha value is -0.0800. The summed E-state index contributed by atoms with van der Waals surface area (Å²) in [6, 6.07) is 0.622. The van der Waals surface area contributed by atoms with E-state index < -0.39 is 0 Å². The third-order valence-corrected chi connectivity index (χ3v) is 3.56. The molecule has 2 heteroatoms. The van der Waals surface area contributed by atoms with Crippen LogP contribution in [-0.2, 0) is 0 Å². The molecule has 0 aromatic rings. The lowest BCUT2D eigenvalue weighted by Crippen LogP contribution is -2.38. The Morgan fingerprint density at radius 1 is 1.50 bits per heavy atom. The van der Waals surface area contributed by atoms with E-state index in [4.69, 9.17) is 0 Å². The van der Waals surface area contributed by atoms with Crippen LogP contribution in [0.3, 0.4) is 0 Å². The molecule has 2 unspecified atom stereocenters. The van der Waals surface area contributed by atoms with Crippen molar-refractivity contribution in [3.8, 4) is 0 Å². The van der Waals surface area contributed by atoms with Crippen LogP contribution in [0.1, 0.15) is 34.1 Å². The summed E-state index contributed by atoms with van der Waals surface area (Å²) < 4.78 is 0. The maximum absolute atomic E-state index is 3.62. The lowest BCUT2D eigenvalue weighted by Gasteiger charge is -2.21. The van der Waals surface area contributed by atoms with Crippen molar-refractivity contribution in [2.75, 3.05) is 26.7 Å². The van der Waals surface area contributed by atoms with Gasteiger partial charge in [0.25, 0.3) is 0 Å². The van der Waals surface area contributed by atoms with E-state index in [0.717, 1.165) is 19.0 Å². The van der Waals surface area contributed by atoms with Crippen LogP contribution < -0.4 is 5.32 Å². The SMILES string of the molecule is CCN(C)CC(C)NCC1CC1(C)C. The van der Waals surface area contributed by atoms with Gasteiger partial charge in [0, 0.05) is 12.6 Å². The van der Waals surface area contributed by atoms with E-state index in [0.29, 0.717) is 11.5 Å². The standard InChI is InChI=1S/C12H26N2/c1-6-14(5)9-10(2)13-8-11-7-12(11,3)4/h10-11,13H,6-9H2,1-5H3. The van der Waals surface area contributed by atoms with E-state index in [-0.39, 0.29) is 0 Å². The van der Waals surface area contributed by atoms with Gasteiger partial charge in [-0.3, -0.25) is 0 Å². The van der Waals surface area contributed by atoms with Crippen molar-refractivity contribution in [3.63, 3.8) is 0 Å². The van der Waals surface area contributed by atoms with Gasteiger partial charge in [0.1, 0.15) is 0 Å². The Balaban J connectivity index is 2.07. The average molecular weight is 198 g/mol. The van der Waals surface area contributed by atoms with Crippen LogP contribution in [0.5, 0.6) is 0 Å². The zero-order valence-corrected chi connectivity index (χ0v) is 10.4. The second-order valence-corrected chi connectivity index (χ2v) is 5.55. The van der Waals surface area contributed by atoms with E-state index in [2.05, 4.69) is 45.0 Å². The van der Waals surface area contributed by atoms with Crippen LogP contribution in [0.15, 0.2) is 0 Å². The molecule has 1 fully saturated rings. The highest BCUT2D eigenvalue weighted by molar-refractivity contribution is 4.96. The van der Waals surface area contributed by atoms with Crippen molar-refractivity contribution >= 4 is 0 Å². The third-order valence-electron chi connectivity index (χ3n) is 3.56. The molecule has 14 heavy (non-hydrogen) atoms. The molecule has 0 aliphatic heterocycles. The first-order valence-electron chi connectivity index (χ1n) is 5.87. The zero-order chi connectivity index (χ0) is 10.8. The van der Waals surface area contributed by atoms with Crippen molar-refractivity contribution in [1.82, 2.24) is 10.2 Å². The highest BCUT2D eigenvalue weighted by atomic mass is 15.1. The molecule has 0 spiro atoms. The van der Waals surface area contributed by atoms with Crippen LogP contribution in [0.4, 0.5) is 0 Å². The Morgan fingerprint density at radius 3 is 2.50 bits per heavy atom. The molecule has 1 aliphatic rings. The fourth-order valence-corrected chi connectivity index (χ4v) is 1.93. The Morgan fingerprint density at radius 2 is 2.07 bits per heavy atom. The van der Waals surface area contributed by atoms with Gasteiger partial charge in [0.2, 0.25) is 0 Å². The molecule has 2 nitrogen and oxygen atoms in total. The summed E-state index contributed by atoms with van der Waals surface area (Å²) in [4.78, 5) is 2.36. The summed E-state index contributed by atoms with van der Waals surface area (Å²) in [5.74, 6) is 0.914. The summed E-state index contributed by atoms with van der Waals surface area (Å²) in [6.45, 7) is 12.7. The maximum Gasteiger partial charge on any atom is 0.0166 e. The lowest BCUT2D eigenvalue weighted by molar-refractivity contribution is 0.306. The minimum absolute atomic E-state index is 0.614. The van der Waals surface area contributed by atoms with Crippen molar-refractivity contribution in [1.29, 1.82) is 0 Å². The first-order valence-corrected chi connectivity index (χ1v) is 5.87. The molecular formula is C12H26N2. The monoisotopic (exact) mass is 198 g/mol. The number of nitrogens with one attached hydrogen (secondary N) is 1. The molecule has 0 aromatic heterocycles. The predicted octanol–water partition coefficient (Wildman–Crippen LogP) is 1.96. The topological polar surface area (TPSA) is 15.3 Å². The molecular weight excluding hydrogens is 172 g/mol. The van der Waals surface area contributed by atoms with E-state index in [1.165, 1.54) is 13.0 Å². The fourth-order valence-electron chi connectivity index (χ4n) is 1.93. The van der Waals surface area contributed by atoms with Crippen molar-refractivity contribution < 1.29 is 0 Å². The van der Waals surface area contributed by atoms with E-state index in [1.54, 1.807) is 0 Å². The summed E-state index contributed by atoms with van der Waals surface area (Å²) in [6.07, 6.45) is 1.40. The zero-order valence-electron chi connectivity index (χ0n) is 10.4. The van der Waals surface area contributed by atoms with Gasteiger partial charge >= 0.3 is 0 Å². The largest absolute Gasteiger partial charge is 0.313 e. The minimum Gasteiger partial charge on any atom is -0.313 e. The molecule has 1 aliphatic carbocycles. The summed E-state index contributed by atoms with van der Waals surface area (Å²) in [7, 11) is 2.18. The van der Waals surface area contributed by atoms with Crippen LogP contribution in [-0.4, -0.2) is 37.6 Å². The van der Waals surface area contributed by atoms with Crippen molar-refractivity contribution in [2.45, 2.75) is 40.2 Å². The van der Waals surface area contributed by atoms with E-state index >= 15 is 0 Å². The van der Waals surface area contributed by atoms with Gasteiger partial charge in [-0.25, -0.2) is 0 Å². The minimum atomic E-state index is 0.614. The highest BCUT2D eigenvalue weighted by Gasteiger charge is 2.44. The van der Waals surface area contributed by atoms with Gasteiger partial charge in [0.05, 0.1) is 0 Å². The summed E-state index contributed by atoms with van der Waals surface area (Å²) in [5, 5.41) is 3.62. The second kappa shape index (κ2) is 4.63. The van der Waals surface area contributed by atoms with Gasteiger partial charge in [-0.05, 0) is 44.8 Å². The number of likely N-dealkylation sites (N-methyl/N-ethyl adjacent to an activating group) is 1. The van der Waals surface area contributed by atoms with E-state index in [9.17, 15) is 0 Å². The maximum atomic E-state index is 3.62. The molecule has 84 valence electrons. The quantitative estimate of drug-likeness (QED) is 0.702. The van der Waals surface area contributed by atoms with Gasteiger partial charge in [-0.15, -0.1) is 0 Å². The summed E-state index contributed by atoms with van der Waals surface area (Å²) >= 11 is 0. The first-order chi connectivity index (χ1) is 6.45.